The topological polar surface area (TPSA) is 135 Å². The third-order valence-corrected chi connectivity index (χ3v) is 2.89. The number of nitrogens with one attached hydrogen (secondary N) is 2. The minimum atomic E-state index is -0.702. The molecule has 0 bridgehead atoms. The average Bonchev–Trinajstić information content (AvgIpc) is 2.83. The lowest BCUT2D eigenvalue weighted by molar-refractivity contribution is -0.114. The van der Waals surface area contributed by atoms with Crippen molar-refractivity contribution < 1.29 is 4.79 Å². The molecule has 0 unspecified atom stereocenters. The van der Waals surface area contributed by atoms with Crippen LogP contribution in [0.4, 0.5) is 11.5 Å². The molecule has 0 atom stereocenters. The number of amides is 1. The molecular weight excluding hydrogens is 254 g/mol. The van der Waals surface area contributed by atoms with Gasteiger partial charge in [0.15, 0.2) is 0 Å². The Morgan fingerprint density at radius 3 is 2.35 bits per heavy atom. The number of carbonyl (C=O) groups is 1. The van der Waals surface area contributed by atoms with Crippen LogP contribution in [0.2, 0.25) is 0 Å². The van der Waals surface area contributed by atoms with Gasteiger partial charge in [0.05, 0.1) is 5.57 Å². The van der Waals surface area contributed by atoms with E-state index in [-0.39, 0.29) is 5.57 Å². The molecule has 0 aliphatic rings. The summed E-state index contributed by atoms with van der Waals surface area (Å²) in [7, 11) is 0. The Bertz CT molecular complexity index is 699. The van der Waals surface area contributed by atoms with Crippen molar-refractivity contribution in [2.24, 2.45) is 5.73 Å². The summed E-state index contributed by atoms with van der Waals surface area (Å²) in [5.41, 5.74) is 19.2. The summed E-state index contributed by atoms with van der Waals surface area (Å²) in [4.78, 5) is 14.5. The number of hydrogen-bond donors (Lipinski definition) is 5. The number of primary amides is 1. The number of para-hydroxylation sites is 1. The highest BCUT2D eigenvalue weighted by atomic mass is 16.1. The van der Waals surface area contributed by atoms with Crippen LogP contribution in [0.25, 0.3) is 5.57 Å². The Balaban J connectivity index is 2.78. The molecule has 8 N–H and O–H groups in total. The number of nitrogens with two attached hydrogens (primary N) is 3. The smallest absolute Gasteiger partial charge is 0.250 e. The third kappa shape index (κ3) is 2.39. The maximum atomic E-state index is 11.6. The number of carbonyl (C=O) groups excluding carboxylic acids is 1. The van der Waals surface area contributed by atoms with Crippen molar-refractivity contribution in [1.29, 1.82) is 5.41 Å². The van der Waals surface area contributed by atoms with Crippen LogP contribution in [-0.4, -0.2) is 17.1 Å². The summed E-state index contributed by atoms with van der Waals surface area (Å²) in [6.45, 7) is 0. The van der Waals surface area contributed by atoms with Crippen molar-refractivity contribution >= 4 is 29.2 Å². The molecule has 0 fully saturated rings. The number of benzene rings is 1. The molecule has 1 amide bonds. The molecule has 102 valence electrons. The fourth-order valence-electron chi connectivity index (χ4n) is 1.98. The van der Waals surface area contributed by atoms with Crippen molar-refractivity contribution in [3.05, 3.63) is 53.2 Å². The maximum Gasteiger partial charge on any atom is 0.250 e. The second-order valence-electron chi connectivity index (χ2n) is 4.21. The third-order valence-electron chi connectivity index (χ3n) is 2.89. The van der Waals surface area contributed by atoms with Crippen LogP contribution in [0.5, 0.6) is 0 Å². The zero-order valence-corrected chi connectivity index (χ0v) is 10.7. The molecule has 2 rings (SSSR count). The van der Waals surface area contributed by atoms with Gasteiger partial charge in [0.2, 0.25) is 0 Å². The van der Waals surface area contributed by atoms with E-state index in [1.807, 2.05) is 0 Å². The molecule has 0 spiro atoms. The number of hydrogen-bond acceptors (Lipinski definition) is 4. The highest BCUT2D eigenvalue weighted by Gasteiger charge is 2.17. The average molecular weight is 269 g/mol. The molecule has 1 heterocycles. The lowest BCUT2D eigenvalue weighted by atomic mass is 9.95. The molecule has 0 saturated heterocycles. The van der Waals surface area contributed by atoms with Crippen LogP contribution in [0, 0.1) is 5.41 Å². The number of H-pyrrole nitrogens is 1. The van der Waals surface area contributed by atoms with Gasteiger partial charge < -0.3 is 27.6 Å². The van der Waals surface area contributed by atoms with Crippen molar-refractivity contribution in [1.82, 2.24) is 4.98 Å². The van der Waals surface area contributed by atoms with E-state index in [4.69, 9.17) is 22.6 Å². The first-order chi connectivity index (χ1) is 9.54. The molecule has 0 radical (unpaired) electrons. The van der Waals surface area contributed by atoms with Gasteiger partial charge in [-0.2, -0.15) is 0 Å². The summed E-state index contributed by atoms with van der Waals surface area (Å²) in [6.07, 6.45) is 0.918. The molecule has 1 aromatic carbocycles. The summed E-state index contributed by atoms with van der Waals surface area (Å²) < 4.78 is 0. The van der Waals surface area contributed by atoms with Gasteiger partial charge in [0.25, 0.3) is 5.91 Å². The van der Waals surface area contributed by atoms with Gasteiger partial charge in [-0.25, -0.2) is 0 Å². The number of rotatable bonds is 4. The van der Waals surface area contributed by atoms with E-state index >= 15 is 0 Å². The first-order valence-electron chi connectivity index (χ1n) is 5.89. The number of nitrogen functional groups attached to an aromatic ring is 2. The number of aromatic amines is 1. The summed E-state index contributed by atoms with van der Waals surface area (Å²) in [5, 5.41) is 7.43. The number of anilines is 2. The number of aromatic nitrogens is 1. The maximum absolute atomic E-state index is 11.6. The highest BCUT2D eigenvalue weighted by Crippen LogP contribution is 2.30. The Kier molecular flexibility index (Phi) is 3.56. The van der Waals surface area contributed by atoms with Gasteiger partial charge in [-0.05, 0) is 18.2 Å². The lowest BCUT2D eigenvalue weighted by Crippen LogP contribution is -2.17. The Morgan fingerprint density at radius 1 is 1.15 bits per heavy atom. The Labute approximate surface area is 115 Å². The predicted octanol–water partition coefficient (Wildman–Crippen LogP) is 1.12. The van der Waals surface area contributed by atoms with Gasteiger partial charge in [-0.1, -0.05) is 18.2 Å². The Morgan fingerprint density at radius 2 is 1.85 bits per heavy atom. The quantitative estimate of drug-likeness (QED) is 0.323. The summed E-state index contributed by atoms with van der Waals surface area (Å²) in [5.74, 6) is -0.257. The minimum absolute atomic E-state index is 0.0600. The monoisotopic (exact) mass is 269 g/mol. The molecule has 6 heteroatoms. The lowest BCUT2D eigenvalue weighted by Gasteiger charge is -2.12. The van der Waals surface area contributed by atoms with Gasteiger partial charge >= 0.3 is 0 Å². The molecule has 20 heavy (non-hydrogen) atoms. The van der Waals surface area contributed by atoms with Gasteiger partial charge in [-0.15, -0.1) is 0 Å². The second kappa shape index (κ2) is 5.31. The van der Waals surface area contributed by atoms with E-state index in [2.05, 4.69) is 4.98 Å². The van der Waals surface area contributed by atoms with Crippen LogP contribution in [0.15, 0.2) is 42.0 Å². The highest BCUT2D eigenvalue weighted by molar-refractivity contribution is 6.19. The van der Waals surface area contributed by atoms with E-state index in [1.165, 1.54) is 0 Å². The van der Waals surface area contributed by atoms with E-state index in [0.29, 0.717) is 28.3 Å². The van der Waals surface area contributed by atoms with Gasteiger partial charge in [0, 0.05) is 28.7 Å². The summed E-state index contributed by atoms with van der Waals surface area (Å²) in [6, 6.07) is 10.4. The van der Waals surface area contributed by atoms with Crippen LogP contribution < -0.4 is 17.2 Å². The zero-order chi connectivity index (χ0) is 14.7. The molecule has 1 aromatic heterocycles. The predicted molar refractivity (Wildman–Crippen MR) is 80.1 cm³/mol. The fourth-order valence-corrected chi connectivity index (χ4v) is 1.98. The van der Waals surface area contributed by atoms with Gasteiger partial charge in [-0.3, -0.25) is 4.79 Å². The SMILES string of the molecule is N=C/C(C(N)=O)=C(\c1ccc(N)[nH]1)c1ccccc1N. The largest absolute Gasteiger partial charge is 0.398 e. The van der Waals surface area contributed by atoms with Crippen LogP contribution in [0.1, 0.15) is 11.3 Å². The first-order valence-corrected chi connectivity index (χ1v) is 5.89. The molecule has 0 aliphatic carbocycles. The first kappa shape index (κ1) is 13.4. The Hall–Kier alpha value is -3.02. The molecule has 0 aliphatic heterocycles. The summed E-state index contributed by atoms with van der Waals surface area (Å²) >= 11 is 0. The van der Waals surface area contributed by atoms with Crippen LogP contribution in [0.3, 0.4) is 0 Å². The van der Waals surface area contributed by atoms with Crippen molar-refractivity contribution in [2.45, 2.75) is 0 Å². The second-order valence-corrected chi connectivity index (χ2v) is 4.21. The van der Waals surface area contributed by atoms with E-state index < -0.39 is 5.91 Å². The minimum Gasteiger partial charge on any atom is -0.398 e. The normalized spacial score (nSPS) is 11.8. The molecule has 2 aromatic rings. The van der Waals surface area contributed by atoms with E-state index in [1.54, 1.807) is 36.4 Å². The molecule has 6 nitrogen and oxygen atoms in total. The molecule has 0 saturated carbocycles. The van der Waals surface area contributed by atoms with Crippen molar-refractivity contribution in [2.75, 3.05) is 11.5 Å². The van der Waals surface area contributed by atoms with Crippen LogP contribution in [-0.2, 0) is 4.79 Å². The van der Waals surface area contributed by atoms with Gasteiger partial charge in [0.1, 0.15) is 5.82 Å². The van der Waals surface area contributed by atoms with Crippen molar-refractivity contribution in [3.63, 3.8) is 0 Å². The van der Waals surface area contributed by atoms with E-state index in [9.17, 15) is 4.79 Å². The fraction of sp³-hybridized carbons (Fsp3) is 0. The standard InChI is InChI=1S/C14H15N5O/c15-7-9(14(18)20)13(11-5-6-12(17)19-11)8-3-1-2-4-10(8)16/h1-7,15,19H,16-17H2,(H2,18,20)/b13-9+,15-7?. The van der Waals surface area contributed by atoms with Crippen molar-refractivity contribution in [3.8, 4) is 0 Å². The molecular formula is C14H15N5O. The zero-order valence-electron chi connectivity index (χ0n) is 10.7. The van der Waals surface area contributed by atoms with Crippen LogP contribution >= 0.6 is 0 Å². The van der Waals surface area contributed by atoms with E-state index in [0.717, 1.165) is 6.21 Å².